The van der Waals surface area contributed by atoms with Gasteiger partial charge in [0.25, 0.3) is 0 Å². The molecule has 0 aromatic heterocycles. The smallest absolute Gasteiger partial charge is 0.0165 e. The molecule has 0 spiro atoms. The summed E-state index contributed by atoms with van der Waals surface area (Å²) in [6.45, 7) is 5.73. The first-order valence-electron chi connectivity index (χ1n) is 3.83. The second-order valence-electron chi connectivity index (χ2n) is 2.66. The molecule has 0 saturated heterocycles. The van der Waals surface area contributed by atoms with E-state index in [0.29, 0.717) is 0 Å². The zero-order chi connectivity index (χ0) is 7.40. The molecular formula is C10H14. The second kappa shape index (κ2) is 3.40. The molecule has 1 aliphatic rings. The van der Waals surface area contributed by atoms with Gasteiger partial charge in [-0.2, -0.15) is 0 Å². The van der Waals surface area contributed by atoms with Crippen LogP contribution in [0.1, 0.15) is 19.8 Å². The van der Waals surface area contributed by atoms with Gasteiger partial charge in [0.2, 0.25) is 0 Å². The first-order chi connectivity index (χ1) is 4.88. The molecule has 54 valence electrons. The van der Waals surface area contributed by atoms with E-state index in [1.807, 2.05) is 12.2 Å². The third kappa shape index (κ3) is 1.87. The summed E-state index contributed by atoms with van der Waals surface area (Å²) < 4.78 is 0. The number of rotatable bonds is 3. The number of hydrogen-bond donors (Lipinski definition) is 0. The first-order valence-corrected chi connectivity index (χ1v) is 3.83. The predicted octanol–water partition coefficient (Wildman–Crippen LogP) is 3.08. The van der Waals surface area contributed by atoms with Gasteiger partial charge < -0.3 is 0 Å². The molecule has 0 nitrogen and oxygen atoms in total. The zero-order valence-corrected chi connectivity index (χ0v) is 6.51. The lowest BCUT2D eigenvalue weighted by molar-refractivity contribution is 1.05. The Morgan fingerprint density at radius 2 is 2.20 bits per heavy atom. The Bertz CT molecular complexity index is 168. The molecule has 1 saturated carbocycles. The molecule has 0 heterocycles. The Morgan fingerprint density at radius 1 is 1.50 bits per heavy atom. The maximum atomic E-state index is 3.63. The molecule has 0 radical (unpaired) electrons. The van der Waals surface area contributed by atoms with Gasteiger partial charge in [-0.15, -0.1) is 0 Å². The van der Waals surface area contributed by atoms with Gasteiger partial charge in [0.15, 0.2) is 0 Å². The van der Waals surface area contributed by atoms with E-state index in [2.05, 4.69) is 25.7 Å². The van der Waals surface area contributed by atoms with E-state index in [9.17, 15) is 0 Å². The molecular weight excluding hydrogens is 120 g/mol. The topological polar surface area (TPSA) is 0 Å². The van der Waals surface area contributed by atoms with Gasteiger partial charge in [-0.25, -0.2) is 0 Å². The molecule has 0 bridgehead atoms. The van der Waals surface area contributed by atoms with E-state index in [-0.39, 0.29) is 0 Å². The van der Waals surface area contributed by atoms with Crippen LogP contribution in [0.2, 0.25) is 0 Å². The molecule has 0 heteroatoms. The highest BCUT2D eigenvalue weighted by atomic mass is 14.3. The van der Waals surface area contributed by atoms with Crippen LogP contribution in [-0.4, -0.2) is 0 Å². The molecule has 1 rings (SSSR count). The van der Waals surface area contributed by atoms with Crippen molar-refractivity contribution in [3.05, 3.63) is 36.5 Å². The van der Waals surface area contributed by atoms with Crippen molar-refractivity contribution in [2.45, 2.75) is 19.8 Å². The maximum Gasteiger partial charge on any atom is -0.0165 e. The number of hydrogen-bond acceptors (Lipinski definition) is 0. The van der Waals surface area contributed by atoms with E-state index in [1.165, 1.54) is 18.4 Å². The van der Waals surface area contributed by atoms with Crippen LogP contribution in [-0.2, 0) is 0 Å². The summed E-state index contributed by atoms with van der Waals surface area (Å²) in [5.41, 5.74) is 1.47. The molecule has 0 aromatic rings. The predicted molar refractivity (Wildman–Crippen MR) is 45.8 cm³/mol. The van der Waals surface area contributed by atoms with Gasteiger partial charge in [-0.3, -0.25) is 0 Å². The van der Waals surface area contributed by atoms with Gasteiger partial charge in [0, 0.05) is 0 Å². The Hall–Kier alpha value is -0.780. The summed E-state index contributed by atoms with van der Waals surface area (Å²) in [6.07, 6.45) is 10.9. The average Bonchev–Trinajstić information content (AvgIpc) is 2.73. The Balaban J connectivity index is 2.48. The molecule has 10 heavy (non-hydrogen) atoms. The lowest BCUT2D eigenvalue weighted by atomic mass is 10.1. The third-order valence-corrected chi connectivity index (χ3v) is 1.81. The fraction of sp³-hybridized carbons (Fsp3) is 0.400. The van der Waals surface area contributed by atoms with Crippen molar-refractivity contribution in [3.63, 3.8) is 0 Å². The van der Waals surface area contributed by atoms with E-state index < -0.39 is 0 Å². The van der Waals surface area contributed by atoms with Crippen molar-refractivity contribution in [2.24, 2.45) is 5.92 Å². The van der Waals surface area contributed by atoms with Crippen molar-refractivity contribution in [2.75, 3.05) is 0 Å². The molecule has 0 aliphatic heterocycles. The summed E-state index contributed by atoms with van der Waals surface area (Å²) in [5, 5.41) is 0. The summed E-state index contributed by atoms with van der Waals surface area (Å²) in [6, 6.07) is 0. The van der Waals surface area contributed by atoms with E-state index in [4.69, 9.17) is 0 Å². The highest BCUT2D eigenvalue weighted by molar-refractivity contribution is 5.26. The van der Waals surface area contributed by atoms with E-state index >= 15 is 0 Å². The van der Waals surface area contributed by atoms with Gasteiger partial charge in [0.05, 0.1) is 0 Å². The largest absolute Gasteiger partial charge is 0.0991 e. The van der Waals surface area contributed by atoms with Crippen molar-refractivity contribution >= 4 is 0 Å². The van der Waals surface area contributed by atoms with Gasteiger partial charge in [-0.05, 0) is 31.3 Å². The van der Waals surface area contributed by atoms with Crippen LogP contribution < -0.4 is 0 Å². The van der Waals surface area contributed by atoms with Crippen LogP contribution >= 0.6 is 0 Å². The third-order valence-electron chi connectivity index (χ3n) is 1.81. The minimum atomic E-state index is 0.862. The molecule has 0 amide bonds. The zero-order valence-electron chi connectivity index (χ0n) is 6.51. The highest BCUT2D eigenvalue weighted by Crippen LogP contribution is 2.36. The first kappa shape index (κ1) is 7.33. The van der Waals surface area contributed by atoms with Crippen molar-refractivity contribution < 1.29 is 0 Å². The van der Waals surface area contributed by atoms with Crippen LogP contribution in [0.25, 0.3) is 0 Å². The van der Waals surface area contributed by atoms with Gasteiger partial charge in [-0.1, -0.05) is 30.9 Å². The van der Waals surface area contributed by atoms with Crippen LogP contribution in [0.3, 0.4) is 0 Å². The van der Waals surface area contributed by atoms with Crippen LogP contribution in [0.4, 0.5) is 0 Å². The standard InChI is InChI=1S/C10H14/c1-3-5-6-9(4-2)10-7-8-10/h3-6,10H,1,7-8H2,2H3. The lowest BCUT2D eigenvalue weighted by Gasteiger charge is -1.93. The Labute approximate surface area is 62.9 Å². The molecule has 0 aromatic carbocycles. The Kier molecular flexibility index (Phi) is 2.49. The quantitative estimate of drug-likeness (QED) is 0.520. The monoisotopic (exact) mass is 134 g/mol. The average molecular weight is 134 g/mol. The molecule has 0 N–H and O–H groups in total. The second-order valence-corrected chi connectivity index (χ2v) is 2.66. The fourth-order valence-corrected chi connectivity index (χ4v) is 1.06. The highest BCUT2D eigenvalue weighted by Gasteiger charge is 2.23. The van der Waals surface area contributed by atoms with Crippen LogP contribution in [0, 0.1) is 5.92 Å². The van der Waals surface area contributed by atoms with Crippen LogP contribution in [0.15, 0.2) is 36.5 Å². The summed E-state index contributed by atoms with van der Waals surface area (Å²) >= 11 is 0. The summed E-state index contributed by atoms with van der Waals surface area (Å²) in [7, 11) is 0. The minimum absolute atomic E-state index is 0.862. The minimum Gasteiger partial charge on any atom is -0.0991 e. The van der Waals surface area contributed by atoms with Crippen molar-refractivity contribution in [3.8, 4) is 0 Å². The lowest BCUT2D eigenvalue weighted by Crippen LogP contribution is -1.77. The van der Waals surface area contributed by atoms with Crippen LogP contribution in [0.5, 0.6) is 0 Å². The molecule has 1 aliphatic carbocycles. The maximum absolute atomic E-state index is 3.63. The van der Waals surface area contributed by atoms with Crippen molar-refractivity contribution in [1.82, 2.24) is 0 Å². The normalized spacial score (nSPS) is 19.9. The van der Waals surface area contributed by atoms with E-state index in [0.717, 1.165) is 5.92 Å². The molecule has 1 fully saturated rings. The van der Waals surface area contributed by atoms with Gasteiger partial charge >= 0.3 is 0 Å². The Morgan fingerprint density at radius 3 is 2.60 bits per heavy atom. The van der Waals surface area contributed by atoms with Gasteiger partial charge in [0.1, 0.15) is 0 Å². The van der Waals surface area contributed by atoms with E-state index in [1.54, 1.807) is 0 Å². The van der Waals surface area contributed by atoms with Crippen molar-refractivity contribution in [1.29, 1.82) is 0 Å². The number of allylic oxidation sites excluding steroid dienone is 5. The molecule has 0 atom stereocenters. The summed E-state index contributed by atoms with van der Waals surface area (Å²) in [4.78, 5) is 0. The molecule has 0 unspecified atom stereocenters. The summed E-state index contributed by atoms with van der Waals surface area (Å²) in [5.74, 6) is 0.862. The SMILES string of the molecule is C=CC=CC(=CC)C1CC1. The fourth-order valence-electron chi connectivity index (χ4n) is 1.06.